The maximum absolute atomic E-state index is 12.1. The Labute approximate surface area is 119 Å². The Hall–Kier alpha value is -1.83. The van der Waals surface area contributed by atoms with Gasteiger partial charge in [0.25, 0.3) is 5.56 Å². The monoisotopic (exact) mass is 298 g/mol. The summed E-state index contributed by atoms with van der Waals surface area (Å²) in [6.45, 7) is 8.34. The van der Waals surface area contributed by atoms with Crippen LogP contribution in [-0.2, 0) is 11.3 Å². The van der Waals surface area contributed by atoms with E-state index in [0.717, 1.165) is 4.80 Å². The molecule has 1 amide bonds. The molecule has 2 N–H and O–H groups in total. The van der Waals surface area contributed by atoms with Gasteiger partial charge in [-0.3, -0.25) is 19.8 Å². The molecule has 2 heterocycles. The zero-order chi connectivity index (χ0) is 14.9. The van der Waals surface area contributed by atoms with E-state index in [1.165, 1.54) is 11.3 Å². The third kappa shape index (κ3) is 3.19. The molecule has 1 aliphatic heterocycles. The molecule has 8 heteroatoms. The number of aromatic nitrogens is 1. The highest BCUT2D eigenvalue weighted by molar-refractivity contribution is 7.07. The van der Waals surface area contributed by atoms with Gasteiger partial charge in [0.05, 0.1) is 12.2 Å². The summed E-state index contributed by atoms with van der Waals surface area (Å²) in [4.78, 5) is 28.6. The molecule has 0 bridgehead atoms. The van der Waals surface area contributed by atoms with E-state index in [1.807, 2.05) is 0 Å². The van der Waals surface area contributed by atoms with Gasteiger partial charge < -0.3 is 4.74 Å². The molecule has 0 aromatic carbocycles. The molecular formula is C12H18N4O3S. The lowest BCUT2D eigenvalue weighted by Gasteiger charge is -2.20. The molecule has 0 radical (unpaired) electrons. The van der Waals surface area contributed by atoms with Crippen molar-refractivity contribution in [1.82, 2.24) is 15.4 Å². The number of nitrogens with zero attached hydrogens (tertiary/aromatic N) is 2. The first-order chi connectivity index (χ1) is 9.28. The van der Waals surface area contributed by atoms with Gasteiger partial charge in [0.2, 0.25) is 0 Å². The van der Waals surface area contributed by atoms with E-state index in [1.54, 1.807) is 32.3 Å². The number of hydrazine groups is 1. The van der Waals surface area contributed by atoms with Crippen LogP contribution in [0.15, 0.2) is 9.79 Å². The normalized spacial score (nSPS) is 15.2. The second-order valence-electron chi connectivity index (χ2n) is 5.43. The van der Waals surface area contributed by atoms with Crippen LogP contribution in [0.4, 0.5) is 4.79 Å². The lowest BCUT2D eigenvalue weighted by molar-refractivity contribution is 0.0510. The van der Waals surface area contributed by atoms with Crippen molar-refractivity contribution >= 4 is 23.1 Å². The minimum atomic E-state index is -0.592. The molecule has 0 saturated carbocycles. The molecule has 1 aliphatic rings. The fraction of sp³-hybridized carbons (Fsp3) is 0.583. The van der Waals surface area contributed by atoms with Crippen LogP contribution in [-0.4, -0.2) is 22.8 Å². The summed E-state index contributed by atoms with van der Waals surface area (Å²) in [5.74, 6) is 0. The number of rotatable bonds is 2. The summed E-state index contributed by atoms with van der Waals surface area (Å²) in [5.41, 5.74) is 5.03. The number of ether oxygens (including phenoxy) is 1. The van der Waals surface area contributed by atoms with Gasteiger partial charge in [-0.1, -0.05) is 11.3 Å². The quantitative estimate of drug-likeness (QED) is 0.734. The zero-order valence-electron chi connectivity index (χ0n) is 11.9. The number of carbonyl (C=O) groups is 1. The second-order valence-corrected chi connectivity index (χ2v) is 6.41. The number of nitrogens with one attached hydrogen (secondary N) is 2. The largest absolute Gasteiger partial charge is 0.443 e. The van der Waals surface area contributed by atoms with Gasteiger partial charge in [-0.05, 0) is 27.7 Å². The maximum Gasteiger partial charge on any atom is 0.426 e. The van der Waals surface area contributed by atoms with Crippen LogP contribution in [0.25, 0.3) is 5.70 Å². The standard InChI is InChI=1S/C12H18N4O3S/c1-7(14-15-11(18)19-12(2,3)4)8-9(17)16-6-5-13-10(16)20-8/h14H,5-6H2,1-4H3,(H,15,18)/b8-7-. The number of hydrogen-bond donors (Lipinski definition) is 2. The first kappa shape index (κ1) is 14.6. The number of thiazole rings is 1. The molecule has 0 unspecified atom stereocenters. The Balaban J connectivity index is 2.13. The first-order valence-electron chi connectivity index (χ1n) is 6.28. The van der Waals surface area contributed by atoms with Crippen LogP contribution in [0.2, 0.25) is 0 Å². The fourth-order valence-electron chi connectivity index (χ4n) is 1.70. The van der Waals surface area contributed by atoms with Crippen LogP contribution in [0.3, 0.4) is 0 Å². The van der Waals surface area contributed by atoms with Gasteiger partial charge in [0.15, 0.2) is 4.80 Å². The third-order valence-corrected chi connectivity index (χ3v) is 3.74. The topological polar surface area (TPSA) is 84.7 Å². The number of fused-ring (bicyclic) bond motifs is 1. The molecular weight excluding hydrogens is 280 g/mol. The van der Waals surface area contributed by atoms with Crippen molar-refractivity contribution in [3.05, 3.63) is 19.7 Å². The molecule has 110 valence electrons. The van der Waals surface area contributed by atoms with Gasteiger partial charge in [-0.2, -0.15) is 0 Å². The van der Waals surface area contributed by atoms with Crippen molar-refractivity contribution in [2.45, 2.75) is 39.8 Å². The van der Waals surface area contributed by atoms with Crippen LogP contribution < -0.4 is 25.7 Å². The summed E-state index contributed by atoms with van der Waals surface area (Å²) in [7, 11) is 0. The average molecular weight is 298 g/mol. The minimum absolute atomic E-state index is 0.0813. The van der Waals surface area contributed by atoms with Gasteiger partial charge in [-0.25, -0.2) is 10.2 Å². The molecule has 20 heavy (non-hydrogen) atoms. The number of amides is 1. The highest BCUT2D eigenvalue weighted by atomic mass is 32.1. The molecule has 1 aromatic heterocycles. The fourth-order valence-corrected chi connectivity index (χ4v) is 2.73. The Morgan fingerprint density at radius 2 is 2.10 bits per heavy atom. The highest BCUT2D eigenvalue weighted by Crippen LogP contribution is 2.05. The van der Waals surface area contributed by atoms with Crippen molar-refractivity contribution in [3.63, 3.8) is 0 Å². The molecule has 1 aromatic rings. The molecule has 7 nitrogen and oxygen atoms in total. The third-order valence-electron chi connectivity index (χ3n) is 2.53. The molecule has 0 aliphatic carbocycles. The van der Waals surface area contributed by atoms with Crippen molar-refractivity contribution < 1.29 is 9.53 Å². The van der Waals surface area contributed by atoms with Crippen LogP contribution in [0.5, 0.6) is 0 Å². The minimum Gasteiger partial charge on any atom is -0.443 e. The van der Waals surface area contributed by atoms with E-state index in [-0.39, 0.29) is 5.56 Å². The molecule has 0 spiro atoms. The van der Waals surface area contributed by atoms with E-state index in [4.69, 9.17) is 4.74 Å². The predicted octanol–water partition coefficient (Wildman–Crippen LogP) is -0.300. The van der Waals surface area contributed by atoms with Crippen molar-refractivity contribution in [2.24, 2.45) is 4.99 Å². The summed E-state index contributed by atoms with van der Waals surface area (Å²) < 4.78 is 7.27. The summed E-state index contributed by atoms with van der Waals surface area (Å²) in [6.07, 6.45) is -0.592. The maximum atomic E-state index is 12.1. The SMILES string of the molecule is C/C(NNC(=O)OC(C)(C)C)=c1/sc2n(c1=O)CCN=2. The Bertz CT molecular complexity index is 696. The van der Waals surface area contributed by atoms with Crippen LogP contribution >= 0.6 is 11.3 Å². The molecule has 2 rings (SSSR count). The highest BCUT2D eigenvalue weighted by Gasteiger charge is 2.16. The first-order valence-corrected chi connectivity index (χ1v) is 7.09. The molecule has 0 fully saturated rings. The van der Waals surface area contributed by atoms with Crippen molar-refractivity contribution in [3.8, 4) is 0 Å². The van der Waals surface area contributed by atoms with Gasteiger partial charge in [-0.15, -0.1) is 0 Å². The predicted molar refractivity (Wildman–Crippen MR) is 75.8 cm³/mol. The van der Waals surface area contributed by atoms with Crippen LogP contribution in [0, 0.1) is 0 Å². The number of hydrogen-bond acceptors (Lipinski definition) is 6. The second kappa shape index (κ2) is 5.28. The molecule has 0 atom stereocenters. The van der Waals surface area contributed by atoms with E-state index in [2.05, 4.69) is 15.8 Å². The van der Waals surface area contributed by atoms with E-state index in [9.17, 15) is 9.59 Å². The Morgan fingerprint density at radius 3 is 2.70 bits per heavy atom. The van der Waals surface area contributed by atoms with E-state index >= 15 is 0 Å². The van der Waals surface area contributed by atoms with E-state index < -0.39 is 11.7 Å². The van der Waals surface area contributed by atoms with Gasteiger partial charge >= 0.3 is 6.09 Å². The van der Waals surface area contributed by atoms with Gasteiger partial charge in [0.1, 0.15) is 10.1 Å². The average Bonchev–Trinajstić information content (AvgIpc) is 2.87. The number of carbonyl (C=O) groups excluding carboxylic acids is 1. The van der Waals surface area contributed by atoms with Gasteiger partial charge in [0, 0.05) is 6.54 Å². The Morgan fingerprint density at radius 1 is 1.40 bits per heavy atom. The summed E-state index contributed by atoms with van der Waals surface area (Å²) in [5, 5.41) is 0. The van der Waals surface area contributed by atoms with Crippen LogP contribution in [0.1, 0.15) is 27.7 Å². The Kier molecular flexibility index (Phi) is 3.85. The smallest absolute Gasteiger partial charge is 0.426 e. The van der Waals surface area contributed by atoms with E-state index in [0.29, 0.717) is 23.3 Å². The lowest BCUT2D eigenvalue weighted by atomic mass is 10.2. The van der Waals surface area contributed by atoms with Crippen molar-refractivity contribution in [2.75, 3.05) is 6.54 Å². The summed E-state index contributed by atoms with van der Waals surface area (Å²) in [6, 6.07) is 0. The molecule has 0 saturated heterocycles. The summed E-state index contributed by atoms with van der Waals surface area (Å²) >= 11 is 1.31. The van der Waals surface area contributed by atoms with Crippen molar-refractivity contribution in [1.29, 1.82) is 0 Å². The zero-order valence-corrected chi connectivity index (χ0v) is 12.8. The lowest BCUT2D eigenvalue weighted by Crippen LogP contribution is -2.42.